The van der Waals surface area contributed by atoms with Crippen LogP contribution < -0.4 is 16.2 Å². The van der Waals surface area contributed by atoms with Gasteiger partial charge in [0.1, 0.15) is 5.02 Å². The summed E-state index contributed by atoms with van der Waals surface area (Å²) in [6.45, 7) is 3.73. The van der Waals surface area contributed by atoms with Crippen molar-refractivity contribution < 1.29 is 0 Å². The first-order chi connectivity index (χ1) is 8.00. The van der Waals surface area contributed by atoms with E-state index in [0.717, 1.165) is 19.5 Å². The van der Waals surface area contributed by atoms with E-state index >= 15 is 0 Å². The van der Waals surface area contributed by atoms with Gasteiger partial charge in [-0.1, -0.05) is 18.5 Å². The fraction of sp³-hybridized carbons (Fsp3) is 0.636. The summed E-state index contributed by atoms with van der Waals surface area (Å²) in [6, 6.07) is 0.115. The Bertz CT molecular complexity index is 473. The summed E-state index contributed by atoms with van der Waals surface area (Å²) in [5.41, 5.74) is 6.46. The van der Waals surface area contributed by atoms with E-state index in [0.29, 0.717) is 11.6 Å². The molecule has 0 radical (unpaired) electrons. The first kappa shape index (κ1) is 12.4. The third-order valence-electron chi connectivity index (χ3n) is 3.42. The van der Waals surface area contributed by atoms with Crippen molar-refractivity contribution in [2.24, 2.45) is 18.7 Å². The SMILES string of the molecule is CC1CCN(c2cnn(C)c(=O)c2Cl)CC1N. The Morgan fingerprint density at radius 2 is 2.29 bits per heavy atom. The van der Waals surface area contributed by atoms with E-state index in [1.54, 1.807) is 13.2 Å². The summed E-state index contributed by atoms with van der Waals surface area (Å²) in [4.78, 5) is 13.7. The van der Waals surface area contributed by atoms with Crippen molar-refractivity contribution in [2.45, 2.75) is 19.4 Å². The van der Waals surface area contributed by atoms with E-state index in [9.17, 15) is 4.79 Å². The van der Waals surface area contributed by atoms with Crippen molar-refractivity contribution in [3.05, 3.63) is 21.6 Å². The fourth-order valence-corrected chi connectivity index (χ4v) is 2.33. The zero-order valence-corrected chi connectivity index (χ0v) is 10.8. The van der Waals surface area contributed by atoms with Gasteiger partial charge in [0.2, 0.25) is 0 Å². The molecule has 17 heavy (non-hydrogen) atoms. The minimum Gasteiger partial charge on any atom is -0.367 e. The van der Waals surface area contributed by atoms with Gasteiger partial charge < -0.3 is 10.6 Å². The van der Waals surface area contributed by atoms with Crippen LogP contribution in [-0.4, -0.2) is 28.9 Å². The lowest BCUT2D eigenvalue weighted by molar-refractivity contribution is 0.379. The maximum atomic E-state index is 11.7. The Morgan fingerprint density at radius 1 is 1.59 bits per heavy atom. The Labute approximate surface area is 105 Å². The normalized spacial score (nSPS) is 25.1. The average Bonchev–Trinajstić information content (AvgIpc) is 2.30. The number of aromatic nitrogens is 2. The van der Waals surface area contributed by atoms with Crippen molar-refractivity contribution in [2.75, 3.05) is 18.0 Å². The van der Waals surface area contributed by atoms with Crippen LogP contribution in [0.25, 0.3) is 0 Å². The van der Waals surface area contributed by atoms with Gasteiger partial charge in [0, 0.05) is 26.2 Å². The van der Waals surface area contributed by atoms with Crippen LogP contribution in [0.3, 0.4) is 0 Å². The number of halogens is 1. The highest BCUT2D eigenvalue weighted by Gasteiger charge is 2.25. The molecular weight excluding hydrogens is 240 g/mol. The lowest BCUT2D eigenvalue weighted by atomic mass is 9.94. The minimum atomic E-state index is -0.267. The number of anilines is 1. The molecule has 0 aliphatic carbocycles. The Hall–Kier alpha value is -1.07. The van der Waals surface area contributed by atoms with Crippen LogP contribution in [0, 0.1) is 5.92 Å². The van der Waals surface area contributed by atoms with Gasteiger partial charge in [0.25, 0.3) is 5.56 Å². The smallest absolute Gasteiger partial charge is 0.287 e. The molecule has 0 aromatic carbocycles. The molecule has 1 aromatic heterocycles. The second-order valence-corrected chi connectivity index (χ2v) is 5.03. The molecule has 1 aromatic rings. The van der Waals surface area contributed by atoms with Crippen molar-refractivity contribution in [3.63, 3.8) is 0 Å². The molecule has 5 nitrogen and oxygen atoms in total. The van der Waals surface area contributed by atoms with Gasteiger partial charge in [-0.05, 0) is 12.3 Å². The summed E-state index contributed by atoms with van der Waals surface area (Å²) >= 11 is 6.06. The second kappa shape index (κ2) is 4.66. The standard InChI is InChI=1S/C11H17ClN4O/c1-7-3-4-16(6-8(7)13)9-5-14-15(2)11(17)10(9)12/h5,7-8H,3-4,6,13H2,1-2H3. The van der Waals surface area contributed by atoms with Gasteiger partial charge in [0.15, 0.2) is 0 Å². The molecule has 1 aliphatic rings. The fourth-order valence-electron chi connectivity index (χ4n) is 2.04. The first-order valence-corrected chi connectivity index (χ1v) is 6.11. The van der Waals surface area contributed by atoms with Crippen molar-refractivity contribution >= 4 is 17.3 Å². The van der Waals surface area contributed by atoms with Crippen LogP contribution in [0.1, 0.15) is 13.3 Å². The second-order valence-electron chi connectivity index (χ2n) is 4.65. The molecule has 0 saturated carbocycles. The number of nitrogens with two attached hydrogens (primary N) is 1. The van der Waals surface area contributed by atoms with Crippen LogP contribution in [0.15, 0.2) is 11.0 Å². The Balaban J connectivity index is 2.30. The number of nitrogens with zero attached hydrogens (tertiary/aromatic N) is 3. The van der Waals surface area contributed by atoms with E-state index in [-0.39, 0.29) is 16.6 Å². The number of hydrogen-bond acceptors (Lipinski definition) is 4. The third kappa shape index (κ3) is 2.30. The predicted octanol–water partition coefficient (Wildman–Crippen LogP) is 0.607. The van der Waals surface area contributed by atoms with E-state index < -0.39 is 0 Å². The maximum Gasteiger partial charge on any atom is 0.287 e. The van der Waals surface area contributed by atoms with Crippen molar-refractivity contribution in [1.82, 2.24) is 9.78 Å². The average molecular weight is 257 g/mol. The molecule has 94 valence electrons. The first-order valence-electron chi connectivity index (χ1n) is 5.73. The Kier molecular flexibility index (Phi) is 3.40. The van der Waals surface area contributed by atoms with Crippen LogP contribution in [0.4, 0.5) is 5.69 Å². The zero-order chi connectivity index (χ0) is 12.6. The zero-order valence-electron chi connectivity index (χ0n) is 10.1. The molecule has 0 bridgehead atoms. The minimum absolute atomic E-state index is 0.115. The topological polar surface area (TPSA) is 64.2 Å². The van der Waals surface area contributed by atoms with Gasteiger partial charge in [0.05, 0.1) is 11.9 Å². The van der Waals surface area contributed by atoms with Crippen LogP contribution in [0.5, 0.6) is 0 Å². The summed E-state index contributed by atoms with van der Waals surface area (Å²) in [6.07, 6.45) is 2.64. The van der Waals surface area contributed by atoms with E-state index in [4.69, 9.17) is 17.3 Å². The lowest BCUT2D eigenvalue weighted by Gasteiger charge is -2.36. The highest BCUT2D eigenvalue weighted by Crippen LogP contribution is 2.25. The molecule has 2 unspecified atom stereocenters. The van der Waals surface area contributed by atoms with E-state index in [1.165, 1.54) is 4.68 Å². The summed E-state index contributed by atoms with van der Waals surface area (Å²) < 4.78 is 1.23. The molecule has 2 heterocycles. The number of rotatable bonds is 1. The van der Waals surface area contributed by atoms with Gasteiger partial charge in [-0.15, -0.1) is 0 Å². The quantitative estimate of drug-likeness (QED) is 0.800. The summed E-state index contributed by atoms with van der Waals surface area (Å²) in [5, 5.41) is 4.22. The number of piperidine rings is 1. The van der Waals surface area contributed by atoms with Crippen LogP contribution in [-0.2, 0) is 7.05 Å². The molecule has 2 atom stereocenters. The molecule has 0 amide bonds. The van der Waals surface area contributed by atoms with Gasteiger partial charge >= 0.3 is 0 Å². The largest absolute Gasteiger partial charge is 0.367 e. The molecular formula is C11H17ClN4O. The van der Waals surface area contributed by atoms with Crippen molar-refractivity contribution in [1.29, 1.82) is 0 Å². The molecule has 2 N–H and O–H groups in total. The molecule has 6 heteroatoms. The molecule has 1 fully saturated rings. The van der Waals surface area contributed by atoms with Gasteiger partial charge in [-0.3, -0.25) is 4.79 Å². The Morgan fingerprint density at radius 3 is 2.94 bits per heavy atom. The van der Waals surface area contributed by atoms with Gasteiger partial charge in [-0.2, -0.15) is 5.10 Å². The monoisotopic (exact) mass is 256 g/mol. The number of hydrogen-bond donors (Lipinski definition) is 1. The molecule has 1 saturated heterocycles. The third-order valence-corrected chi connectivity index (χ3v) is 3.77. The maximum absolute atomic E-state index is 11.7. The van der Waals surface area contributed by atoms with Gasteiger partial charge in [-0.25, -0.2) is 4.68 Å². The lowest BCUT2D eigenvalue weighted by Crippen LogP contribution is -2.48. The van der Waals surface area contributed by atoms with Crippen molar-refractivity contribution in [3.8, 4) is 0 Å². The highest BCUT2D eigenvalue weighted by atomic mass is 35.5. The highest BCUT2D eigenvalue weighted by molar-refractivity contribution is 6.33. The van der Waals surface area contributed by atoms with Crippen LogP contribution in [0.2, 0.25) is 5.02 Å². The molecule has 1 aliphatic heterocycles. The summed E-state index contributed by atoms with van der Waals surface area (Å²) in [5.74, 6) is 0.504. The summed E-state index contributed by atoms with van der Waals surface area (Å²) in [7, 11) is 1.59. The molecule has 2 rings (SSSR count). The molecule has 0 spiro atoms. The van der Waals surface area contributed by atoms with Crippen LogP contribution >= 0.6 is 11.6 Å². The van der Waals surface area contributed by atoms with E-state index in [2.05, 4.69) is 12.0 Å². The van der Waals surface area contributed by atoms with E-state index in [1.807, 2.05) is 4.90 Å². The predicted molar refractivity (Wildman–Crippen MR) is 68.5 cm³/mol. The number of aryl methyl sites for hydroxylation is 1.